The molecule has 1 heterocycles. The van der Waals surface area contributed by atoms with E-state index in [1.54, 1.807) is 19.2 Å². The predicted molar refractivity (Wildman–Crippen MR) is 75.9 cm³/mol. The number of amides is 1. The summed E-state index contributed by atoms with van der Waals surface area (Å²) < 4.78 is 0. The second kappa shape index (κ2) is 8.20. The van der Waals surface area contributed by atoms with Gasteiger partial charge >= 0.3 is 0 Å². The highest BCUT2D eigenvalue weighted by Crippen LogP contribution is 2.09. The molecule has 1 fully saturated rings. The Kier molecular flexibility index (Phi) is 6.81. The van der Waals surface area contributed by atoms with Crippen LogP contribution in [0.5, 0.6) is 0 Å². The van der Waals surface area contributed by atoms with Crippen molar-refractivity contribution in [2.24, 2.45) is 0 Å². The Balaban J connectivity index is 2.43. The van der Waals surface area contributed by atoms with Gasteiger partial charge in [-0.05, 0) is 13.8 Å². The maximum Gasteiger partial charge on any atom is 0.284 e. The van der Waals surface area contributed by atoms with Crippen LogP contribution in [-0.4, -0.2) is 31.0 Å². The smallest absolute Gasteiger partial charge is 0.284 e. The summed E-state index contributed by atoms with van der Waals surface area (Å²) in [5, 5.41) is 5.96. The Labute approximate surface area is 108 Å². The average molecular weight is 249 g/mol. The monoisotopic (exact) mass is 249 g/mol. The van der Waals surface area contributed by atoms with Gasteiger partial charge in [-0.2, -0.15) is 0 Å². The minimum absolute atomic E-state index is 0.0332. The van der Waals surface area contributed by atoms with Crippen molar-refractivity contribution in [1.82, 2.24) is 10.5 Å². The van der Waals surface area contributed by atoms with E-state index in [0.717, 1.165) is 17.1 Å². The van der Waals surface area contributed by atoms with Gasteiger partial charge in [0.15, 0.2) is 0 Å². The van der Waals surface area contributed by atoms with Crippen LogP contribution in [0, 0.1) is 0 Å². The topological polar surface area (TPSA) is 41.1 Å². The molecule has 0 bridgehead atoms. The Morgan fingerprint density at radius 3 is 2.88 bits per heavy atom. The largest absolute Gasteiger partial charge is 0.397 e. The molecular formula is C12H18BN2OS. The molecule has 0 aromatic heterocycles. The summed E-state index contributed by atoms with van der Waals surface area (Å²) in [6, 6.07) is -0.0650. The minimum Gasteiger partial charge on any atom is -0.397 e. The number of allylic oxidation sites excluding steroid dienone is 6. The molecule has 2 N–H and O–H groups in total. The number of rotatable bonds is 5. The number of carbonyl (C=O) groups excluding carboxylic acids is 1. The molecule has 0 aromatic carbocycles. The van der Waals surface area contributed by atoms with Crippen LogP contribution in [-0.2, 0) is 4.79 Å². The molecule has 1 aliphatic rings. The molecule has 1 atom stereocenters. The summed E-state index contributed by atoms with van der Waals surface area (Å²) in [4.78, 5) is 11.7. The summed E-state index contributed by atoms with van der Waals surface area (Å²) in [7, 11) is 1.74. The molecule has 1 amide bonds. The summed E-state index contributed by atoms with van der Waals surface area (Å²) in [5.41, 5.74) is 0.976. The zero-order chi connectivity index (χ0) is 12.5. The van der Waals surface area contributed by atoms with Crippen LogP contribution in [0.1, 0.15) is 13.8 Å². The Morgan fingerprint density at radius 1 is 1.47 bits per heavy atom. The summed E-state index contributed by atoms with van der Waals surface area (Å²) in [6.07, 6.45) is 9.76. The first-order valence-corrected chi connectivity index (χ1v) is 6.83. The van der Waals surface area contributed by atoms with Gasteiger partial charge in [-0.1, -0.05) is 35.9 Å². The third-order valence-electron chi connectivity index (χ3n) is 2.25. The molecule has 0 saturated carbocycles. The van der Waals surface area contributed by atoms with Crippen molar-refractivity contribution in [1.29, 1.82) is 0 Å². The first-order chi connectivity index (χ1) is 8.27. The Morgan fingerprint density at radius 2 is 2.29 bits per heavy atom. The van der Waals surface area contributed by atoms with Crippen molar-refractivity contribution in [2.45, 2.75) is 19.9 Å². The van der Waals surface area contributed by atoms with Gasteiger partial charge in [0.25, 0.3) is 7.41 Å². The van der Waals surface area contributed by atoms with E-state index in [-0.39, 0.29) is 11.9 Å². The van der Waals surface area contributed by atoms with Gasteiger partial charge in [0, 0.05) is 11.6 Å². The van der Waals surface area contributed by atoms with Crippen molar-refractivity contribution in [3.63, 3.8) is 0 Å². The van der Waals surface area contributed by atoms with Crippen LogP contribution in [0.25, 0.3) is 0 Å². The first kappa shape index (κ1) is 14.1. The lowest BCUT2D eigenvalue weighted by atomic mass is 9.81. The summed E-state index contributed by atoms with van der Waals surface area (Å²) in [5.74, 6) is 1.73. The highest BCUT2D eigenvalue weighted by atomic mass is 32.2. The van der Waals surface area contributed by atoms with Crippen LogP contribution >= 0.6 is 11.8 Å². The SMILES string of the molecule is C\C=C/C=C([B]NC(=O)[C@@H]1CSCN1)\C=C/C. The lowest BCUT2D eigenvalue weighted by Crippen LogP contribution is -2.43. The number of hydrogen-bond donors (Lipinski definition) is 2. The van der Waals surface area contributed by atoms with E-state index in [1.807, 2.05) is 44.2 Å². The van der Waals surface area contributed by atoms with Crippen molar-refractivity contribution in [3.05, 3.63) is 35.9 Å². The van der Waals surface area contributed by atoms with Gasteiger partial charge in [-0.25, -0.2) is 0 Å². The lowest BCUT2D eigenvalue weighted by Gasteiger charge is -2.09. The van der Waals surface area contributed by atoms with E-state index < -0.39 is 0 Å². The maximum absolute atomic E-state index is 11.7. The maximum atomic E-state index is 11.7. The zero-order valence-electron chi connectivity index (χ0n) is 10.3. The molecule has 0 aromatic rings. The van der Waals surface area contributed by atoms with Crippen LogP contribution in [0.2, 0.25) is 0 Å². The highest BCUT2D eigenvalue weighted by Gasteiger charge is 2.21. The van der Waals surface area contributed by atoms with E-state index >= 15 is 0 Å². The second-order valence-electron chi connectivity index (χ2n) is 3.62. The van der Waals surface area contributed by atoms with E-state index in [9.17, 15) is 4.79 Å². The van der Waals surface area contributed by atoms with Gasteiger partial charge < -0.3 is 5.23 Å². The molecule has 91 valence electrons. The fourth-order valence-electron chi connectivity index (χ4n) is 1.37. The van der Waals surface area contributed by atoms with Crippen LogP contribution in [0.15, 0.2) is 35.9 Å². The highest BCUT2D eigenvalue weighted by molar-refractivity contribution is 7.99. The molecule has 3 nitrogen and oxygen atoms in total. The normalized spacial score (nSPS) is 21.3. The first-order valence-electron chi connectivity index (χ1n) is 5.68. The molecule has 1 saturated heterocycles. The molecular weight excluding hydrogens is 231 g/mol. The van der Waals surface area contributed by atoms with Crippen molar-refractivity contribution >= 4 is 25.1 Å². The molecule has 0 unspecified atom stereocenters. The third-order valence-corrected chi connectivity index (χ3v) is 3.19. The Hall–Kier alpha value is -0.935. The summed E-state index contributed by atoms with van der Waals surface area (Å²) in [6.45, 7) is 3.91. The van der Waals surface area contributed by atoms with Gasteiger partial charge in [0.2, 0.25) is 5.91 Å². The quantitative estimate of drug-likeness (QED) is 0.572. The molecule has 1 aliphatic heterocycles. The van der Waals surface area contributed by atoms with Gasteiger partial charge in [-0.3, -0.25) is 10.1 Å². The van der Waals surface area contributed by atoms with Gasteiger partial charge in [0.05, 0.1) is 6.04 Å². The molecule has 1 radical (unpaired) electrons. The van der Waals surface area contributed by atoms with E-state index in [4.69, 9.17) is 0 Å². The second-order valence-corrected chi connectivity index (χ2v) is 4.65. The fourth-order valence-corrected chi connectivity index (χ4v) is 2.31. The predicted octanol–water partition coefficient (Wildman–Crippen LogP) is 1.42. The standard InChI is InChI=1S/C12H18BN2OS/c1-3-5-7-10(6-4-2)13-15-12(16)11-8-17-9-14-11/h3-7,11,14H,8-9H2,1-2H3,(H,15,16)/b5-3-,6-4-,10-7+/t11-/m0/s1. The van der Waals surface area contributed by atoms with E-state index in [2.05, 4.69) is 10.5 Å². The van der Waals surface area contributed by atoms with Crippen LogP contribution in [0.3, 0.4) is 0 Å². The van der Waals surface area contributed by atoms with Crippen LogP contribution in [0.4, 0.5) is 0 Å². The van der Waals surface area contributed by atoms with Gasteiger partial charge in [0.1, 0.15) is 0 Å². The molecule has 17 heavy (non-hydrogen) atoms. The van der Waals surface area contributed by atoms with Crippen molar-refractivity contribution < 1.29 is 4.79 Å². The van der Waals surface area contributed by atoms with E-state index in [0.29, 0.717) is 0 Å². The lowest BCUT2D eigenvalue weighted by molar-refractivity contribution is -0.120. The fraction of sp³-hybridized carbons (Fsp3) is 0.417. The molecule has 0 aliphatic carbocycles. The molecule has 1 rings (SSSR count). The zero-order valence-corrected chi connectivity index (χ0v) is 11.1. The van der Waals surface area contributed by atoms with Crippen molar-refractivity contribution in [3.8, 4) is 0 Å². The number of thioether (sulfide) groups is 1. The van der Waals surface area contributed by atoms with Gasteiger partial charge in [-0.15, -0.1) is 11.8 Å². The number of nitrogens with one attached hydrogen (secondary N) is 2. The van der Waals surface area contributed by atoms with E-state index in [1.165, 1.54) is 0 Å². The van der Waals surface area contributed by atoms with Crippen molar-refractivity contribution in [2.75, 3.05) is 11.6 Å². The molecule has 5 heteroatoms. The Bertz CT molecular complexity index is 333. The molecule has 0 spiro atoms. The summed E-state index contributed by atoms with van der Waals surface area (Å²) >= 11 is 1.74. The average Bonchev–Trinajstić information content (AvgIpc) is 2.86. The minimum atomic E-state index is -0.0650. The number of hydrogen-bond acceptors (Lipinski definition) is 3. The number of carbonyl (C=O) groups is 1. The third kappa shape index (κ3) is 5.28. The van der Waals surface area contributed by atoms with Crippen LogP contribution < -0.4 is 10.5 Å².